The molecule has 2 aliphatic rings. The SMILES string of the molecule is COc1ccccc1N1CCN(C(c2cc3cc(C)cc(C)c3[nH]c2=O)c2nnnn2C2CCCCC2)CC1. The van der Waals surface area contributed by atoms with Gasteiger partial charge in [0.1, 0.15) is 11.8 Å². The van der Waals surface area contributed by atoms with Gasteiger partial charge in [-0.15, -0.1) is 5.10 Å². The van der Waals surface area contributed by atoms with Crippen molar-refractivity contribution in [1.82, 2.24) is 30.1 Å². The molecular formula is C30H37N7O2. The molecule has 0 spiro atoms. The van der Waals surface area contributed by atoms with Gasteiger partial charge in [0.2, 0.25) is 0 Å². The molecule has 1 aliphatic heterocycles. The first kappa shape index (κ1) is 25.6. The van der Waals surface area contributed by atoms with Crippen molar-refractivity contribution in [1.29, 1.82) is 0 Å². The molecule has 3 heterocycles. The summed E-state index contributed by atoms with van der Waals surface area (Å²) in [7, 11) is 1.71. The van der Waals surface area contributed by atoms with E-state index in [-0.39, 0.29) is 17.6 Å². The largest absolute Gasteiger partial charge is 0.495 e. The van der Waals surface area contributed by atoms with E-state index in [1.807, 2.05) is 29.8 Å². The van der Waals surface area contributed by atoms with Crippen molar-refractivity contribution in [2.45, 2.75) is 58.0 Å². The standard InChI is InChI=1S/C30H37N7O2/c1-20-17-21(2)27-22(18-20)19-24(30(38)31-27)28(29-32-33-34-37(29)23-9-5-4-6-10-23)36-15-13-35(14-16-36)25-11-7-8-12-26(25)39-3/h7-8,11-12,17-19,23,28H,4-6,9-10,13-16H2,1-3H3,(H,31,38). The Hall–Kier alpha value is -3.72. The number of para-hydroxylation sites is 2. The number of pyridine rings is 1. The number of tetrazole rings is 1. The smallest absolute Gasteiger partial charge is 0.253 e. The number of H-pyrrole nitrogens is 1. The molecule has 2 aromatic heterocycles. The molecule has 9 heteroatoms. The molecule has 1 saturated carbocycles. The van der Waals surface area contributed by atoms with Crippen LogP contribution >= 0.6 is 0 Å². The van der Waals surface area contributed by atoms with Crippen LogP contribution in [0.4, 0.5) is 5.69 Å². The second-order valence-electron chi connectivity index (χ2n) is 11.0. The summed E-state index contributed by atoms with van der Waals surface area (Å²) in [5, 5.41) is 14.2. The number of hydrogen-bond acceptors (Lipinski definition) is 7. The molecule has 39 heavy (non-hydrogen) atoms. The number of methoxy groups -OCH3 is 1. The average molecular weight is 528 g/mol. The number of hydrogen-bond donors (Lipinski definition) is 1. The normalized spacial score (nSPS) is 18.0. The molecule has 2 aromatic carbocycles. The highest BCUT2D eigenvalue weighted by Crippen LogP contribution is 2.35. The lowest BCUT2D eigenvalue weighted by atomic mass is 9.95. The molecule has 204 valence electrons. The lowest BCUT2D eigenvalue weighted by Gasteiger charge is -2.40. The molecule has 1 aliphatic carbocycles. The Labute approximate surface area is 228 Å². The maximum absolute atomic E-state index is 13.7. The molecule has 1 saturated heterocycles. The number of ether oxygens (including phenoxy) is 1. The van der Waals surface area contributed by atoms with Crippen LogP contribution in [0.2, 0.25) is 0 Å². The van der Waals surface area contributed by atoms with Gasteiger partial charge in [-0.25, -0.2) is 4.68 Å². The van der Waals surface area contributed by atoms with E-state index in [4.69, 9.17) is 4.74 Å². The number of nitrogens with one attached hydrogen (secondary N) is 1. The summed E-state index contributed by atoms with van der Waals surface area (Å²) in [4.78, 5) is 21.6. The Morgan fingerprint density at radius 1 is 1.00 bits per heavy atom. The fraction of sp³-hybridized carbons (Fsp3) is 0.467. The first-order valence-corrected chi connectivity index (χ1v) is 14.1. The quantitative estimate of drug-likeness (QED) is 0.393. The number of anilines is 1. The number of nitrogens with zero attached hydrogens (tertiary/aromatic N) is 6. The van der Waals surface area contributed by atoms with Crippen LogP contribution in [-0.4, -0.2) is 63.4 Å². The highest BCUT2D eigenvalue weighted by atomic mass is 16.5. The molecule has 4 aromatic rings. The fourth-order valence-electron chi connectivity index (χ4n) is 6.48. The Morgan fingerprint density at radius 2 is 1.77 bits per heavy atom. The Kier molecular flexibility index (Phi) is 7.08. The Balaban J connectivity index is 1.40. The van der Waals surface area contributed by atoms with Gasteiger partial charge in [0.15, 0.2) is 5.82 Å². The lowest BCUT2D eigenvalue weighted by molar-refractivity contribution is 0.192. The van der Waals surface area contributed by atoms with E-state index in [0.29, 0.717) is 5.56 Å². The van der Waals surface area contributed by atoms with Gasteiger partial charge in [-0.2, -0.15) is 0 Å². The van der Waals surface area contributed by atoms with E-state index >= 15 is 0 Å². The molecule has 1 atom stereocenters. The van der Waals surface area contributed by atoms with Gasteiger partial charge in [0.05, 0.1) is 24.4 Å². The van der Waals surface area contributed by atoms with Gasteiger partial charge < -0.3 is 14.6 Å². The van der Waals surface area contributed by atoms with Crippen LogP contribution in [0.5, 0.6) is 5.75 Å². The van der Waals surface area contributed by atoms with Gasteiger partial charge in [0, 0.05) is 31.7 Å². The molecule has 9 nitrogen and oxygen atoms in total. The van der Waals surface area contributed by atoms with Crippen LogP contribution in [-0.2, 0) is 0 Å². The minimum absolute atomic E-state index is 0.0789. The third kappa shape index (κ3) is 4.91. The second kappa shape index (κ2) is 10.8. The van der Waals surface area contributed by atoms with E-state index in [0.717, 1.165) is 72.7 Å². The number of rotatable bonds is 6. The van der Waals surface area contributed by atoms with Crippen molar-refractivity contribution in [2.24, 2.45) is 0 Å². The minimum atomic E-state index is -0.337. The zero-order valence-corrected chi connectivity index (χ0v) is 23.1. The number of benzene rings is 2. The molecule has 0 radical (unpaired) electrons. The van der Waals surface area contributed by atoms with E-state index in [1.54, 1.807) is 7.11 Å². The van der Waals surface area contributed by atoms with Gasteiger partial charge >= 0.3 is 0 Å². The van der Waals surface area contributed by atoms with E-state index < -0.39 is 0 Å². The maximum Gasteiger partial charge on any atom is 0.253 e. The summed E-state index contributed by atoms with van der Waals surface area (Å²) in [5.74, 6) is 1.64. The van der Waals surface area contributed by atoms with Crippen molar-refractivity contribution >= 4 is 16.6 Å². The minimum Gasteiger partial charge on any atom is -0.495 e. The first-order chi connectivity index (χ1) is 19.0. The number of fused-ring (bicyclic) bond motifs is 1. The van der Waals surface area contributed by atoms with Gasteiger partial charge in [0.25, 0.3) is 5.56 Å². The summed E-state index contributed by atoms with van der Waals surface area (Å²) in [5.41, 5.74) is 4.85. The highest BCUT2D eigenvalue weighted by molar-refractivity contribution is 5.83. The highest BCUT2D eigenvalue weighted by Gasteiger charge is 2.35. The van der Waals surface area contributed by atoms with Crippen LogP contribution in [0.25, 0.3) is 10.9 Å². The third-order valence-corrected chi connectivity index (χ3v) is 8.41. The summed E-state index contributed by atoms with van der Waals surface area (Å²) < 4.78 is 7.64. The summed E-state index contributed by atoms with van der Waals surface area (Å²) in [6.07, 6.45) is 5.76. The predicted octanol–water partition coefficient (Wildman–Crippen LogP) is 4.56. The number of piperazine rings is 1. The van der Waals surface area contributed by atoms with E-state index in [1.165, 1.54) is 24.8 Å². The second-order valence-corrected chi connectivity index (χ2v) is 11.0. The fourth-order valence-corrected chi connectivity index (χ4v) is 6.48. The third-order valence-electron chi connectivity index (χ3n) is 8.41. The molecular weight excluding hydrogens is 490 g/mol. The predicted molar refractivity (Wildman–Crippen MR) is 153 cm³/mol. The van der Waals surface area contributed by atoms with E-state index in [9.17, 15) is 4.79 Å². The zero-order chi connectivity index (χ0) is 26.9. The van der Waals surface area contributed by atoms with Crippen LogP contribution in [0, 0.1) is 13.8 Å². The lowest BCUT2D eigenvalue weighted by Crippen LogP contribution is -2.49. The monoisotopic (exact) mass is 527 g/mol. The van der Waals surface area contributed by atoms with Crippen molar-refractivity contribution < 1.29 is 4.74 Å². The van der Waals surface area contributed by atoms with Crippen LogP contribution < -0.4 is 15.2 Å². The molecule has 1 N–H and O–H groups in total. The molecule has 0 bridgehead atoms. The van der Waals surface area contributed by atoms with Crippen LogP contribution in [0.1, 0.15) is 66.7 Å². The summed E-state index contributed by atoms with van der Waals surface area (Å²) >= 11 is 0. The molecule has 2 fully saturated rings. The Morgan fingerprint density at radius 3 is 2.54 bits per heavy atom. The van der Waals surface area contributed by atoms with Gasteiger partial charge in [-0.05, 0) is 72.3 Å². The number of aromatic amines is 1. The van der Waals surface area contributed by atoms with Crippen molar-refractivity contribution in [3.05, 3.63) is 75.3 Å². The molecule has 1 unspecified atom stereocenters. The van der Waals surface area contributed by atoms with Crippen molar-refractivity contribution in [2.75, 3.05) is 38.2 Å². The van der Waals surface area contributed by atoms with Crippen LogP contribution in [0.3, 0.4) is 0 Å². The first-order valence-electron chi connectivity index (χ1n) is 14.1. The Bertz CT molecular complexity index is 1510. The molecule has 6 rings (SSSR count). The van der Waals surface area contributed by atoms with Crippen molar-refractivity contribution in [3.8, 4) is 5.75 Å². The molecule has 0 amide bonds. The van der Waals surface area contributed by atoms with Gasteiger partial charge in [-0.1, -0.05) is 43.0 Å². The maximum atomic E-state index is 13.7. The summed E-state index contributed by atoms with van der Waals surface area (Å²) in [6.45, 7) is 7.30. The van der Waals surface area contributed by atoms with Gasteiger partial charge in [-0.3, -0.25) is 9.69 Å². The summed E-state index contributed by atoms with van der Waals surface area (Å²) in [6, 6.07) is 14.4. The number of aromatic nitrogens is 5. The average Bonchev–Trinajstić information content (AvgIpc) is 3.44. The van der Waals surface area contributed by atoms with Crippen molar-refractivity contribution in [3.63, 3.8) is 0 Å². The van der Waals surface area contributed by atoms with E-state index in [2.05, 4.69) is 61.5 Å². The number of aryl methyl sites for hydroxylation is 2. The zero-order valence-electron chi connectivity index (χ0n) is 23.1. The topological polar surface area (TPSA) is 92.2 Å². The van der Waals surface area contributed by atoms with Crippen LogP contribution in [0.15, 0.2) is 47.3 Å².